The van der Waals surface area contributed by atoms with Crippen LogP contribution < -0.4 is 5.32 Å². The van der Waals surface area contributed by atoms with Gasteiger partial charge in [-0.1, -0.05) is 0 Å². The summed E-state index contributed by atoms with van der Waals surface area (Å²) in [6, 6.07) is 8.99. The van der Waals surface area contributed by atoms with Crippen LogP contribution in [0.5, 0.6) is 0 Å². The highest BCUT2D eigenvalue weighted by atomic mass is 19.4. The minimum Gasteiger partial charge on any atom is -0.379 e. The first kappa shape index (κ1) is 15.9. The third kappa shape index (κ3) is 3.18. The summed E-state index contributed by atoms with van der Waals surface area (Å²) in [7, 11) is 0. The molecule has 2 aromatic heterocycles. The van der Waals surface area contributed by atoms with E-state index in [-0.39, 0.29) is 12.2 Å². The zero-order valence-corrected chi connectivity index (χ0v) is 12.7. The van der Waals surface area contributed by atoms with Crippen molar-refractivity contribution in [3.63, 3.8) is 0 Å². The molecule has 0 atom stereocenters. The Morgan fingerprint density at radius 3 is 2.75 bits per heavy atom. The Kier molecular flexibility index (Phi) is 3.89. The SMILES string of the molecule is Cc1ccn2cc(CNc3ccc(C#N)c(C(F)(F)F)c3)nc2c1. The van der Waals surface area contributed by atoms with Gasteiger partial charge >= 0.3 is 6.18 Å². The first-order valence-electron chi connectivity index (χ1n) is 7.16. The van der Waals surface area contributed by atoms with Crippen LogP contribution in [0.4, 0.5) is 18.9 Å². The second-order valence-corrected chi connectivity index (χ2v) is 5.43. The molecule has 24 heavy (non-hydrogen) atoms. The Balaban J connectivity index is 1.82. The van der Waals surface area contributed by atoms with Crippen LogP contribution in [-0.4, -0.2) is 9.38 Å². The molecular formula is C17H13F3N4. The van der Waals surface area contributed by atoms with Gasteiger partial charge in [0.15, 0.2) is 0 Å². The van der Waals surface area contributed by atoms with E-state index < -0.39 is 17.3 Å². The molecule has 3 rings (SSSR count). The summed E-state index contributed by atoms with van der Waals surface area (Å²) in [5, 5.41) is 11.7. The Labute approximate surface area is 136 Å². The van der Waals surface area contributed by atoms with Crippen LogP contribution in [0.2, 0.25) is 0 Å². The summed E-state index contributed by atoms with van der Waals surface area (Å²) in [6.45, 7) is 2.24. The van der Waals surface area contributed by atoms with E-state index in [1.807, 2.05) is 35.9 Å². The molecule has 0 saturated carbocycles. The summed E-state index contributed by atoms with van der Waals surface area (Å²) in [6.07, 6.45) is -0.871. The number of rotatable bonds is 3. The highest BCUT2D eigenvalue weighted by Gasteiger charge is 2.33. The highest BCUT2D eigenvalue weighted by Crippen LogP contribution is 2.33. The quantitative estimate of drug-likeness (QED) is 0.785. The maximum absolute atomic E-state index is 13.0. The van der Waals surface area contributed by atoms with E-state index in [4.69, 9.17) is 5.26 Å². The zero-order chi connectivity index (χ0) is 17.3. The molecule has 0 saturated heterocycles. The number of halogens is 3. The van der Waals surface area contributed by atoms with Crippen LogP contribution in [0.25, 0.3) is 5.65 Å². The second kappa shape index (κ2) is 5.89. The van der Waals surface area contributed by atoms with Gasteiger partial charge < -0.3 is 9.72 Å². The fraction of sp³-hybridized carbons (Fsp3) is 0.176. The van der Waals surface area contributed by atoms with Crippen molar-refractivity contribution in [2.45, 2.75) is 19.6 Å². The van der Waals surface area contributed by atoms with Gasteiger partial charge in [0.1, 0.15) is 5.65 Å². The molecule has 0 aliphatic rings. The second-order valence-electron chi connectivity index (χ2n) is 5.43. The minimum absolute atomic E-state index is 0.282. The summed E-state index contributed by atoms with van der Waals surface area (Å²) < 4.78 is 40.7. The Hall–Kier alpha value is -3.01. The minimum atomic E-state index is -4.57. The van der Waals surface area contributed by atoms with Gasteiger partial charge in [0, 0.05) is 18.1 Å². The molecule has 0 bridgehead atoms. The van der Waals surface area contributed by atoms with E-state index in [1.54, 1.807) is 6.07 Å². The summed E-state index contributed by atoms with van der Waals surface area (Å²) in [5.74, 6) is 0. The van der Waals surface area contributed by atoms with Crippen LogP contribution in [-0.2, 0) is 12.7 Å². The van der Waals surface area contributed by atoms with E-state index in [1.165, 1.54) is 6.07 Å². The standard InChI is InChI=1S/C17H13F3N4/c1-11-4-5-24-10-14(23-16(24)6-11)9-22-13-3-2-12(8-21)15(7-13)17(18,19)20/h2-7,10,22H,9H2,1H3. The van der Waals surface area contributed by atoms with E-state index in [9.17, 15) is 13.2 Å². The third-order valence-electron chi connectivity index (χ3n) is 3.58. The van der Waals surface area contributed by atoms with Gasteiger partial charge in [-0.3, -0.25) is 0 Å². The molecule has 0 aliphatic heterocycles. The van der Waals surface area contributed by atoms with Crippen molar-refractivity contribution >= 4 is 11.3 Å². The predicted octanol–water partition coefficient (Wildman–Crippen LogP) is 4.15. The summed E-state index contributed by atoms with van der Waals surface area (Å²) in [4.78, 5) is 4.42. The Bertz CT molecular complexity index is 935. The highest BCUT2D eigenvalue weighted by molar-refractivity contribution is 5.53. The van der Waals surface area contributed by atoms with E-state index >= 15 is 0 Å². The van der Waals surface area contributed by atoms with E-state index in [0.717, 1.165) is 23.3 Å². The van der Waals surface area contributed by atoms with Crippen molar-refractivity contribution in [1.82, 2.24) is 9.38 Å². The molecule has 122 valence electrons. The molecule has 0 aliphatic carbocycles. The Morgan fingerprint density at radius 2 is 2.04 bits per heavy atom. The molecule has 1 N–H and O–H groups in total. The monoisotopic (exact) mass is 330 g/mol. The first-order valence-corrected chi connectivity index (χ1v) is 7.16. The number of hydrogen-bond donors (Lipinski definition) is 1. The molecule has 1 aromatic carbocycles. The number of benzene rings is 1. The number of aromatic nitrogens is 2. The molecule has 3 aromatic rings. The number of nitrogens with one attached hydrogen (secondary N) is 1. The van der Waals surface area contributed by atoms with E-state index in [2.05, 4.69) is 10.3 Å². The fourth-order valence-corrected chi connectivity index (χ4v) is 2.40. The van der Waals surface area contributed by atoms with Gasteiger partial charge in [0.05, 0.1) is 29.4 Å². The van der Waals surface area contributed by atoms with Gasteiger partial charge in [-0.05, 0) is 42.8 Å². The number of aryl methyl sites for hydroxylation is 1. The number of hydrogen-bond acceptors (Lipinski definition) is 3. The topological polar surface area (TPSA) is 53.1 Å². The number of imidazole rings is 1. The average Bonchev–Trinajstić information content (AvgIpc) is 2.93. The van der Waals surface area contributed by atoms with Crippen LogP contribution >= 0.6 is 0 Å². The number of anilines is 1. The van der Waals surface area contributed by atoms with Crippen molar-refractivity contribution in [2.75, 3.05) is 5.32 Å². The lowest BCUT2D eigenvalue weighted by Crippen LogP contribution is -2.09. The summed E-state index contributed by atoms with van der Waals surface area (Å²) >= 11 is 0. The molecule has 0 unspecified atom stereocenters. The maximum Gasteiger partial charge on any atom is 0.417 e. The van der Waals surface area contributed by atoms with Crippen molar-refractivity contribution in [3.8, 4) is 6.07 Å². The maximum atomic E-state index is 13.0. The predicted molar refractivity (Wildman–Crippen MR) is 83.4 cm³/mol. The number of nitriles is 1. The van der Waals surface area contributed by atoms with Gasteiger partial charge in [-0.15, -0.1) is 0 Å². The van der Waals surface area contributed by atoms with Gasteiger partial charge in [-0.25, -0.2) is 4.98 Å². The van der Waals surface area contributed by atoms with Crippen molar-refractivity contribution in [3.05, 3.63) is 65.1 Å². The molecule has 0 radical (unpaired) electrons. The molecule has 2 heterocycles. The number of pyridine rings is 1. The smallest absolute Gasteiger partial charge is 0.379 e. The van der Waals surface area contributed by atoms with E-state index in [0.29, 0.717) is 5.69 Å². The normalized spacial score (nSPS) is 11.5. The first-order chi connectivity index (χ1) is 11.4. The average molecular weight is 330 g/mol. The lowest BCUT2D eigenvalue weighted by molar-refractivity contribution is -0.137. The van der Waals surface area contributed by atoms with Gasteiger partial charge in [0.2, 0.25) is 0 Å². The molecular weight excluding hydrogens is 317 g/mol. The van der Waals surface area contributed by atoms with Crippen molar-refractivity contribution < 1.29 is 13.2 Å². The molecule has 0 spiro atoms. The third-order valence-corrected chi connectivity index (χ3v) is 3.58. The van der Waals surface area contributed by atoms with Gasteiger partial charge in [0.25, 0.3) is 0 Å². The molecule has 0 amide bonds. The summed E-state index contributed by atoms with van der Waals surface area (Å²) in [5.41, 5.74) is 1.52. The van der Waals surface area contributed by atoms with Crippen LogP contribution in [0.1, 0.15) is 22.4 Å². The largest absolute Gasteiger partial charge is 0.417 e. The number of nitrogens with zero attached hydrogens (tertiary/aromatic N) is 3. The Morgan fingerprint density at radius 1 is 1.25 bits per heavy atom. The fourth-order valence-electron chi connectivity index (χ4n) is 2.40. The molecule has 0 fully saturated rings. The zero-order valence-electron chi connectivity index (χ0n) is 12.7. The van der Waals surface area contributed by atoms with Gasteiger partial charge in [-0.2, -0.15) is 18.4 Å². The number of alkyl halides is 3. The molecule has 4 nitrogen and oxygen atoms in total. The lowest BCUT2D eigenvalue weighted by atomic mass is 10.1. The number of fused-ring (bicyclic) bond motifs is 1. The van der Waals surface area contributed by atoms with Crippen LogP contribution in [0, 0.1) is 18.3 Å². The molecule has 7 heteroatoms. The van der Waals surface area contributed by atoms with Crippen LogP contribution in [0.3, 0.4) is 0 Å². The lowest BCUT2D eigenvalue weighted by Gasteiger charge is -2.11. The van der Waals surface area contributed by atoms with Crippen molar-refractivity contribution in [1.29, 1.82) is 5.26 Å². The van der Waals surface area contributed by atoms with Crippen LogP contribution in [0.15, 0.2) is 42.7 Å². The van der Waals surface area contributed by atoms with Crippen molar-refractivity contribution in [2.24, 2.45) is 0 Å².